The van der Waals surface area contributed by atoms with Crippen LogP contribution in [-0.2, 0) is 29.7 Å². The number of sulfone groups is 2. The zero-order valence-electron chi connectivity index (χ0n) is 35.3. The maximum Gasteiger partial charge on any atom is 0.269 e. The fourth-order valence-corrected chi connectivity index (χ4v) is 16.1. The summed E-state index contributed by atoms with van der Waals surface area (Å²) in [6.07, 6.45) is 19.5. The zero-order valence-corrected chi connectivity index (χ0v) is 37.8. The van der Waals surface area contributed by atoms with Gasteiger partial charge in [0, 0.05) is 35.2 Å². The number of aryl methyl sites for hydroxylation is 1. The van der Waals surface area contributed by atoms with Gasteiger partial charge in [0.2, 0.25) is 0 Å². The van der Waals surface area contributed by atoms with Crippen LogP contribution in [0.1, 0.15) is 95.7 Å². The van der Waals surface area contributed by atoms with Crippen molar-refractivity contribution >= 4 is 73.8 Å². The number of fused-ring (bicyclic) bond motifs is 6. The smallest absolute Gasteiger partial charge is 0.269 e. The van der Waals surface area contributed by atoms with E-state index in [1.807, 2.05) is 38.0 Å². The molecule has 17 heteroatoms. The molecule has 0 bridgehead atoms. The number of aromatic nitrogens is 8. The molecule has 4 aliphatic rings. The van der Waals surface area contributed by atoms with Crippen LogP contribution in [0.25, 0.3) is 44.1 Å². The Bertz CT molecular complexity index is 3140. The van der Waals surface area contributed by atoms with E-state index in [4.69, 9.17) is 0 Å². The Morgan fingerprint density at radius 2 is 1.18 bits per heavy atom. The molecule has 6 atom stereocenters. The predicted octanol–water partition coefficient (Wildman–Crippen LogP) is 7.95. The lowest BCUT2D eigenvalue weighted by Crippen LogP contribution is -2.18. The first kappa shape index (κ1) is 41.4. The second-order valence-electron chi connectivity index (χ2n) is 18.4. The molecule has 6 aromatic heterocycles. The SMILES string of the molecule is CC[C@@H]1CC(CS(=O)(=O)C2CC2)C[C@@H]1n1cnc2cnc3[nH]ccc3c21.CC[C@@H]1CC(CS(=O)(=O)C2CC2)C[C@@H]1n1cnc2cnc3c(ccn3S(=O)(=O)c3ccc(C)cc3)c21. The van der Waals surface area contributed by atoms with Crippen molar-refractivity contribution in [2.45, 2.75) is 112 Å². The Hall–Kier alpha value is -4.61. The van der Waals surface area contributed by atoms with Gasteiger partial charge in [-0.1, -0.05) is 44.4 Å². The molecular weight excluding hydrogens is 845 g/mol. The molecule has 0 amide bonds. The van der Waals surface area contributed by atoms with Crippen molar-refractivity contribution in [3.05, 3.63) is 79.4 Å². The second-order valence-corrected chi connectivity index (χ2v) is 24.9. The van der Waals surface area contributed by atoms with E-state index >= 15 is 0 Å². The van der Waals surface area contributed by atoms with Crippen molar-refractivity contribution in [2.24, 2.45) is 23.7 Å². The average molecular weight is 899 g/mol. The highest BCUT2D eigenvalue weighted by Crippen LogP contribution is 2.47. The van der Waals surface area contributed by atoms with Crippen LogP contribution in [0.3, 0.4) is 0 Å². The van der Waals surface area contributed by atoms with E-state index in [-0.39, 0.29) is 39.0 Å². The average Bonchev–Trinajstić information content (AvgIpc) is 3.89. The van der Waals surface area contributed by atoms with Crippen LogP contribution in [0, 0.1) is 30.6 Å². The van der Waals surface area contributed by atoms with Gasteiger partial charge in [0.05, 0.1) is 63.0 Å². The molecule has 0 radical (unpaired) electrons. The van der Waals surface area contributed by atoms with Crippen LogP contribution in [0.4, 0.5) is 0 Å². The van der Waals surface area contributed by atoms with Gasteiger partial charge in [-0.2, -0.15) is 0 Å². The van der Waals surface area contributed by atoms with Crippen LogP contribution in [0.2, 0.25) is 0 Å². The standard InChI is InChI=1S/C26H30N4O4S2.C19H24N4O2S/c1-3-19-12-18(15-35(31,32)20-8-9-20)13-24(19)29-16-28-23-14-27-26-22(25(23)29)10-11-30(26)36(33,34)21-6-4-17(2)5-7-21;1-2-13-7-12(10-26(24,25)14-3-4-14)8-17(13)23-11-22-16-9-21-19-15(18(16)23)5-6-20-19/h4-7,10-11,14,16,18-20,24H,3,8-9,12-13,15H2,1-2H3;5-6,9,11-14,17H,2-4,7-8,10H2,1H3,(H,20,21)/t18?,19-,24+;12?,13-,17+/m11/s1. The first-order valence-electron chi connectivity index (χ1n) is 22.1. The first-order valence-corrected chi connectivity index (χ1v) is 27.0. The molecule has 62 heavy (non-hydrogen) atoms. The maximum atomic E-state index is 13.4. The van der Waals surface area contributed by atoms with E-state index in [2.05, 4.69) is 47.9 Å². The largest absolute Gasteiger partial charge is 0.346 e. The van der Waals surface area contributed by atoms with Gasteiger partial charge in [-0.05, 0) is 106 Å². The molecule has 11 rings (SSSR count). The Labute approximate surface area is 362 Å². The van der Waals surface area contributed by atoms with E-state index in [0.29, 0.717) is 34.8 Å². The number of pyridine rings is 2. The summed E-state index contributed by atoms with van der Waals surface area (Å²) < 4.78 is 82.7. The van der Waals surface area contributed by atoms with Gasteiger partial charge in [-0.25, -0.2) is 49.2 Å². The zero-order chi connectivity index (χ0) is 43.1. The number of hydrogen-bond donors (Lipinski definition) is 1. The van der Waals surface area contributed by atoms with E-state index < -0.39 is 29.7 Å². The fourth-order valence-electron chi connectivity index (χ4n) is 10.7. The number of benzene rings is 1. The van der Waals surface area contributed by atoms with Crippen LogP contribution >= 0.6 is 0 Å². The van der Waals surface area contributed by atoms with Crippen LogP contribution < -0.4 is 0 Å². The summed E-state index contributed by atoms with van der Waals surface area (Å²) >= 11 is 0. The van der Waals surface area contributed by atoms with E-state index in [0.717, 1.165) is 103 Å². The molecule has 1 aromatic carbocycles. The number of nitrogens with zero attached hydrogens (tertiary/aromatic N) is 7. The maximum absolute atomic E-state index is 13.4. The quantitative estimate of drug-likeness (QED) is 0.126. The van der Waals surface area contributed by atoms with Gasteiger partial charge in [0.15, 0.2) is 25.3 Å². The number of hydrogen-bond acceptors (Lipinski definition) is 10. The third-order valence-corrected chi connectivity index (χ3v) is 20.7. The summed E-state index contributed by atoms with van der Waals surface area (Å²) in [6, 6.07) is 11.0. The topological polar surface area (TPSA) is 185 Å². The lowest BCUT2D eigenvalue weighted by Gasteiger charge is -2.20. The van der Waals surface area contributed by atoms with Crippen LogP contribution in [0.5, 0.6) is 0 Å². The highest BCUT2D eigenvalue weighted by molar-refractivity contribution is 7.92. The molecule has 4 aliphatic carbocycles. The second kappa shape index (κ2) is 15.6. The Kier molecular flexibility index (Phi) is 10.4. The van der Waals surface area contributed by atoms with Gasteiger partial charge in [0.25, 0.3) is 10.0 Å². The molecule has 4 saturated carbocycles. The van der Waals surface area contributed by atoms with Gasteiger partial charge in [0.1, 0.15) is 16.7 Å². The third kappa shape index (κ3) is 7.44. The van der Waals surface area contributed by atoms with Crippen molar-refractivity contribution in [1.29, 1.82) is 0 Å². The molecule has 7 aromatic rings. The van der Waals surface area contributed by atoms with Gasteiger partial charge >= 0.3 is 0 Å². The Morgan fingerprint density at radius 1 is 0.645 bits per heavy atom. The summed E-state index contributed by atoms with van der Waals surface area (Å²) in [4.78, 5) is 21.4. The van der Waals surface area contributed by atoms with E-state index in [9.17, 15) is 25.3 Å². The number of H-pyrrole nitrogens is 1. The lowest BCUT2D eigenvalue weighted by atomic mass is 10.00. The van der Waals surface area contributed by atoms with Gasteiger partial charge in [-0.3, -0.25) is 0 Å². The highest BCUT2D eigenvalue weighted by Gasteiger charge is 2.43. The lowest BCUT2D eigenvalue weighted by molar-refractivity contribution is 0.377. The van der Waals surface area contributed by atoms with Crippen molar-refractivity contribution in [3.63, 3.8) is 0 Å². The van der Waals surface area contributed by atoms with E-state index in [1.165, 1.54) is 3.97 Å². The molecule has 328 valence electrons. The van der Waals surface area contributed by atoms with Gasteiger partial charge < -0.3 is 14.1 Å². The number of imidazole rings is 2. The fraction of sp³-hybridized carbons (Fsp3) is 0.511. The third-order valence-electron chi connectivity index (χ3n) is 14.2. The van der Waals surface area contributed by atoms with Gasteiger partial charge in [-0.15, -0.1) is 0 Å². The molecule has 1 N–H and O–H groups in total. The van der Waals surface area contributed by atoms with Crippen molar-refractivity contribution < 1.29 is 25.3 Å². The molecule has 14 nitrogen and oxygen atoms in total. The minimum Gasteiger partial charge on any atom is -0.346 e. The number of rotatable bonds is 12. The Morgan fingerprint density at radius 3 is 1.71 bits per heavy atom. The molecule has 0 spiro atoms. The number of aromatic amines is 1. The summed E-state index contributed by atoms with van der Waals surface area (Å²) in [6.45, 7) is 6.28. The van der Waals surface area contributed by atoms with E-state index in [1.54, 1.807) is 42.7 Å². The monoisotopic (exact) mass is 898 g/mol. The molecule has 6 heterocycles. The molecule has 4 fully saturated rings. The minimum absolute atomic E-state index is 0.0544. The van der Waals surface area contributed by atoms with Crippen molar-refractivity contribution in [3.8, 4) is 0 Å². The normalized spacial score (nSPS) is 24.7. The Balaban J connectivity index is 0.000000156. The van der Waals surface area contributed by atoms with Crippen LogP contribution in [0.15, 0.2) is 78.7 Å². The number of nitrogens with one attached hydrogen (secondary N) is 1. The molecule has 2 unspecified atom stereocenters. The summed E-state index contributed by atoms with van der Waals surface area (Å²) in [7, 11) is -9.73. The van der Waals surface area contributed by atoms with Crippen molar-refractivity contribution in [1.82, 2.24) is 38.0 Å². The minimum atomic E-state index is -3.81. The molecule has 0 aliphatic heterocycles. The summed E-state index contributed by atoms with van der Waals surface area (Å²) in [5.41, 5.74) is 5.80. The predicted molar refractivity (Wildman–Crippen MR) is 241 cm³/mol. The molecule has 0 saturated heterocycles. The molecular formula is C45H54N8O6S3. The van der Waals surface area contributed by atoms with Crippen LogP contribution in [-0.4, -0.2) is 85.3 Å². The first-order chi connectivity index (χ1) is 29.8. The summed E-state index contributed by atoms with van der Waals surface area (Å²) in [5.74, 6) is 1.85. The highest BCUT2D eigenvalue weighted by atomic mass is 32.2. The van der Waals surface area contributed by atoms with Crippen molar-refractivity contribution in [2.75, 3.05) is 11.5 Å². The summed E-state index contributed by atoms with van der Waals surface area (Å²) in [5, 5.41) is 1.63.